The van der Waals surface area contributed by atoms with Gasteiger partial charge in [0.25, 0.3) is 5.91 Å². The van der Waals surface area contributed by atoms with Crippen LogP contribution in [0.5, 0.6) is 5.75 Å². The molecule has 0 atom stereocenters. The maximum atomic E-state index is 12.1. The van der Waals surface area contributed by atoms with Crippen molar-refractivity contribution in [2.24, 2.45) is 0 Å². The highest BCUT2D eigenvalue weighted by Gasteiger charge is 2.07. The molecule has 1 amide bonds. The minimum Gasteiger partial charge on any atom is -0.483 e. The van der Waals surface area contributed by atoms with Crippen LogP contribution in [0.1, 0.15) is 37.3 Å². The SMILES string of the molecule is CCCCOCCCNCc1ccccc1OCC(=O)Nc1ccc(C)cc1. The molecular formula is C23H32N2O3. The molecule has 2 aromatic rings. The van der Waals surface area contributed by atoms with Crippen molar-refractivity contribution in [1.82, 2.24) is 5.32 Å². The highest BCUT2D eigenvalue weighted by Crippen LogP contribution is 2.18. The van der Waals surface area contributed by atoms with Gasteiger partial charge in [0, 0.05) is 31.0 Å². The fraction of sp³-hybridized carbons (Fsp3) is 0.435. The third kappa shape index (κ3) is 8.55. The fourth-order valence-corrected chi connectivity index (χ4v) is 2.64. The minimum atomic E-state index is -0.171. The second-order valence-corrected chi connectivity index (χ2v) is 6.81. The van der Waals surface area contributed by atoms with Crippen LogP contribution in [0.25, 0.3) is 0 Å². The summed E-state index contributed by atoms with van der Waals surface area (Å²) in [4.78, 5) is 12.1. The van der Waals surface area contributed by atoms with Crippen LogP contribution in [-0.4, -0.2) is 32.3 Å². The predicted octanol–water partition coefficient (Wildman–Crippen LogP) is 4.31. The molecule has 0 radical (unpaired) electrons. The molecule has 5 heteroatoms. The van der Waals surface area contributed by atoms with E-state index in [0.29, 0.717) is 6.54 Å². The topological polar surface area (TPSA) is 59.6 Å². The second kappa shape index (κ2) is 12.9. The van der Waals surface area contributed by atoms with Crippen molar-refractivity contribution in [2.45, 2.75) is 39.7 Å². The summed E-state index contributed by atoms with van der Waals surface area (Å²) >= 11 is 0. The number of carbonyl (C=O) groups excluding carboxylic acids is 1. The minimum absolute atomic E-state index is 0.0177. The fourth-order valence-electron chi connectivity index (χ4n) is 2.64. The first kappa shape index (κ1) is 21.9. The van der Waals surface area contributed by atoms with E-state index in [1.54, 1.807) is 0 Å². The summed E-state index contributed by atoms with van der Waals surface area (Å²) in [6.45, 7) is 7.37. The summed E-state index contributed by atoms with van der Waals surface area (Å²) in [5.74, 6) is 0.559. The summed E-state index contributed by atoms with van der Waals surface area (Å²) in [5.41, 5.74) is 2.97. The van der Waals surface area contributed by atoms with Gasteiger partial charge in [-0.15, -0.1) is 0 Å². The van der Waals surface area contributed by atoms with Crippen molar-refractivity contribution >= 4 is 11.6 Å². The molecule has 5 nitrogen and oxygen atoms in total. The van der Waals surface area contributed by atoms with Crippen molar-refractivity contribution in [3.05, 3.63) is 59.7 Å². The van der Waals surface area contributed by atoms with Crippen LogP contribution < -0.4 is 15.4 Å². The van der Waals surface area contributed by atoms with E-state index >= 15 is 0 Å². The van der Waals surface area contributed by atoms with Crippen LogP contribution in [0.15, 0.2) is 48.5 Å². The quantitative estimate of drug-likeness (QED) is 0.505. The molecule has 0 aromatic heterocycles. The molecule has 0 aliphatic heterocycles. The Bertz CT molecular complexity index is 701. The number of unbranched alkanes of at least 4 members (excludes halogenated alkanes) is 1. The molecule has 0 heterocycles. The van der Waals surface area contributed by atoms with Gasteiger partial charge in [0.05, 0.1) is 0 Å². The summed E-state index contributed by atoms with van der Waals surface area (Å²) in [7, 11) is 0. The number of ether oxygens (including phenoxy) is 2. The van der Waals surface area contributed by atoms with Gasteiger partial charge < -0.3 is 20.1 Å². The van der Waals surface area contributed by atoms with E-state index in [9.17, 15) is 4.79 Å². The Balaban J connectivity index is 1.70. The van der Waals surface area contributed by atoms with Crippen LogP contribution in [-0.2, 0) is 16.1 Å². The number of anilines is 1. The molecule has 2 rings (SSSR count). The molecular weight excluding hydrogens is 352 g/mol. The number of aryl methyl sites for hydroxylation is 1. The molecule has 0 aliphatic rings. The molecule has 0 bridgehead atoms. The van der Waals surface area contributed by atoms with E-state index < -0.39 is 0 Å². The molecule has 28 heavy (non-hydrogen) atoms. The molecule has 2 aromatic carbocycles. The molecule has 0 saturated carbocycles. The van der Waals surface area contributed by atoms with Crippen molar-refractivity contribution in [2.75, 3.05) is 31.7 Å². The predicted molar refractivity (Wildman–Crippen MR) is 114 cm³/mol. The lowest BCUT2D eigenvalue weighted by atomic mass is 10.2. The number of para-hydroxylation sites is 1. The molecule has 0 saturated heterocycles. The Hall–Kier alpha value is -2.37. The van der Waals surface area contributed by atoms with E-state index in [1.165, 1.54) is 0 Å². The highest BCUT2D eigenvalue weighted by atomic mass is 16.5. The number of carbonyl (C=O) groups is 1. The molecule has 0 fully saturated rings. The summed E-state index contributed by atoms with van der Waals surface area (Å²) < 4.78 is 11.3. The first-order valence-corrected chi connectivity index (χ1v) is 10.0. The third-order valence-electron chi connectivity index (χ3n) is 4.27. The average Bonchev–Trinajstić information content (AvgIpc) is 2.71. The summed E-state index contributed by atoms with van der Waals surface area (Å²) in [5, 5.41) is 6.25. The molecule has 152 valence electrons. The molecule has 0 unspecified atom stereocenters. The second-order valence-electron chi connectivity index (χ2n) is 6.81. The number of amides is 1. The van der Waals surface area contributed by atoms with E-state index in [1.807, 2.05) is 55.5 Å². The Labute approximate surface area is 168 Å². The van der Waals surface area contributed by atoms with Gasteiger partial charge in [0.2, 0.25) is 0 Å². The highest BCUT2D eigenvalue weighted by molar-refractivity contribution is 5.91. The lowest BCUT2D eigenvalue weighted by Gasteiger charge is -2.12. The van der Waals surface area contributed by atoms with Gasteiger partial charge in [-0.1, -0.05) is 49.2 Å². The maximum Gasteiger partial charge on any atom is 0.262 e. The average molecular weight is 385 g/mol. The van der Waals surface area contributed by atoms with Gasteiger partial charge in [-0.05, 0) is 44.5 Å². The number of nitrogens with one attached hydrogen (secondary N) is 2. The summed E-state index contributed by atoms with van der Waals surface area (Å²) in [6, 6.07) is 15.5. The first-order chi connectivity index (χ1) is 13.7. The van der Waals surface area contributed by atoms with E-state index in [2.05, 4.69) is 17.6 Å². The van der Waals surface area contributed by atoms with Crippen molar-refractivity contribution < 1.29 is 14.3 Å². The molecule has 2 N–H and O–H groups in total. The van der Waals surface area contributed by atoms with Crippen molar-refractivity contribution in [3.63, 3.8) is 0 Å². The van der Waals surface area contributed by atoms with E-state index in [-0.39, 0.29) is 12.5 Å². The van der Waals surface area contributed by atoms with Crippen molar-refractivity contribution in [3.8, 4) is 5.75 Å². The van der Waals surface area contributed by atoms with Gasteiger partial charge in [0.1, 0.15) is 5.75 Å². The van der Waals surface area contributed by atoms with Gasteiger partial charge in [-0.2, -0.15) is 0 Å². The van der Waals surface area contributed by atoms with Crippen LogP contribution in [0.3, 0.4) is 0 Å². The zero-order valence-electron chi connectivity index (χ0n) is 17.0. The maximum absolute atomic E-state index is 12.1. The van der Waals surface area contributed by atoms with Gasteiger partial charge in [0.15, 0.2) is 6.61 Å². The smallest absolute Gasteiger partial charge is 0.262 e. The van der Waals surface area contributed by atoms with E-state index in [4.69, 9.17) is 9.47 Å². The Morgan fingerprint density at radius 3 is 2.54 bits per heavy atom. The number of rotatable bonds is 13. The monoisotopic (exact) mass is 384 g/mol. The normalized spacial score (nSPS) is 10.6. The number of hydrogen-bond donors (Lipinski definition) is 2. The number of hydrogen-bond acceptors (Lipinski definition) is 4. The lowest BCUT2D eigenvalue weighted by Crippen LogP contribution is -2.21. The van der Waals surface area contributed by atoms with Crippen LogP contribution in [0, 0.1) is 6.92 Å². The van der Waals surface area contributed by atoms with Gasteiger partial charge in [-0.25, -0.2) is 0 Å². The Kier molecular flexibility index (Phi) is 10.1. The number of benzene rings is 2. The largest absolute Gasteiger partial charge is 0.483 e. The van der Waals surface area contributed by atoms with Crippen LogP contribution in [0.2, 0.25) is 0 Å². The third-order valence-corrected chi connectivity index (χ3v) is 4.27. The molecule has 0 spiro atoms. The zero-order chi connectivity index (χ0) is 20.0. The Morgan fingerprint density at radius 1 is 1.00 bits per heavy atom. The standard InChI is InChI=1S/C23H32N2O3/c1-3-4-15-27-16-7-14-24-17-20-8-5-6-9-22(20)28-18-23(26)25-21-12-10-19(2)11-13-21/h5-6,8-13,24H,3-4,7,14-18H2,1-2H3,(H,25,26). The van der Waals surface area contributed by atoms with Crippen molar-refractivity contribution in [1.29, 1.82) is 0 Å². The van der Waals surface area contributed by atoms with Crippen LogP contribution >= 0.6 is 0 Å². The van der Waals surface area contributed by atoms with Crippen LogP contribution in [0.4, 0.5) is 5.69 Å². The lowest BCUT2D eigenvalue weighted by molar-refractivity contribution is -0.118. The molecule has 0 aliphatic carbocycles. The van der Waals surface area contributed by atoms with Gasteiger partial charge >= 0.3 is 0 Å². The summed E-state index contributed by atoms with van der Waals surface area (Å²) in [6.07, 6.45) is 3.26. The zero-order valence-corrected chi connectivity index (χ0v) is 17.0. The van der Waals surface area contributed by atoms with Gasteiger partial charge in [-0.3, -0.25) is 4.79 Å². The van der Waals surface area contributed by atoms with E-state index in [0.717, 1.165) is 61.6 Å². The first-order valence-electron chi connectivity index (χ1n) is 10.0. The Morgan fingerprint density at radius 2 is 1.75 bits per heavy atom.